The summed E-state index contributed by atoms with van der Waals surface area (Å²) in [6.07, 6.45) is 0.380. The highest BCUT2D eigenvalue weighted by atomic mass is 16.3. The van der Waals surface area contributed by atoms with Gasteiger partial charge in [0.25, 0.3) is 0 Å². The highest BCUT2D eigenvalue weighted by Gasteiger charge is 2.18. The summed E-state index contributed by atoms with van der Waals surface area (Å²) in [7, 11) is 0. The van der Waals surface area contributed by atoms with E-state index in [-0.39, 0.29) is 27.9 Å². The summed E-state index contributed by atoms with van der Waals surface area (Å²) in [5, 5.41) is 20.6. The summed E-state index contributed by atoms with van der Waals surface area (Å²) in [5.74, 6) is -0.00250. The van der Waals surface area contributed by atoms with Gasteiger partial charge in [0.15, 0.2) is 5.43 Å². The third-order valence-corrected chi connectivity index (χ3v) is 4.34. The minimum Gasteiger partial charge on any atom is -0.507 e. The number of phenolic OH excluding ortho intramolecular Hbond substituents is 2. The Labute approximate surface area is 149 Å². The van der Waals surface area contributed by atoms with E-state index in [0.29, 0.717) is 17.7 Å². The van der Waals surface area contributed by atoms with E-state index in [1.54, 1.807) is 0 Å². The lowest BCUT2D eigenvalue weighted by Crippen LogP contribution is -2.03. The van der Waals surface area contributed by atoms with Crippen molar-refractivity contribution in [2.24, 2.45) is 0 Å². The summed E-state index contributed by atoms with van der Waals surface area (Å²) in [5.41, 5.74) is 2.04. The lowest BCUT2D eigenvalue weighted by molar-refractivity contribution is 0.448. The van der Waals surface area contributed by atoms with E-state index in [4.69, 9.17) is 4.42 Å². The quantitative estimate of drug-likeness (QED) is 0.575. The topological polar surface area (TPSA) is 70.7 Å². The van der Waals surface area contributed by atoms with E-state index in [2.05, 4.69) is 0 Å². The monoisotopic (exact) mass is 344 g/mol. The molecule has 0 aliphatic heterocycles. The van der Waals surface area contributed by atoms with Crippen LogP contribution in [-0.2, 0) is 6.42 Å². The van der Waals surface area contributed by atoms with Gasteiger partial charge in [0.2, 0.25) is 0 Å². The molecule has 0 radical (unpaired) electrons. The van der Waals surface area contributed by atoms with Crippen LogP contribution in [0.5, 0.6) is 11.5 Å². The van der Waals surface area contributed by atoms with Crippen LogP contribution in [-0.4, -0.2) is 10.2 Å². The summed E-state index contributed by atoms with van der Waals surface area (Å²) < 4.78 is 5.97. The molecule has 0 fully saturated rings. The molecule has 26 heavy (non-hydrogen) atoms. The van der Waals surface area contributed by atoms with Gasteiger partial charge >= 0.3 is 0 Å². The van der Waals surface area contributed by atoms with Crippen LogP contribution in [0.25, 0.3) is 22.3 Å². The van der Waals surface area contributed by atoms with Crippen molar-refractivity contribution in [2.45, 2.75) is 6.42 Å². The van der Waals surface area contributed by atoms with Gasteiger partial charge in [-0.1, -0.05) is 60.7 Å². The van der Waals surface area contributed by atoms with Gasteiger partial charge in [-0.2, -0.15) is 0 Å². The average molecular weight is 344 g/mol. The summed E-state index contributed by atoms with van der Waals surface area (Å²) in [6.45, 7) is 0. The van der Waals surface area contributed by atoms with Gasteiger partial charge in [-0.3, -0.25) is 4.79 Å². The first-order valence-corrected chi connectivity index (χ1v) is 8.24. The van der Waals surface area contributed by atoms with Crippen molar-refractivity contribution in [1.29, 1.82) is 0 Å². The second kappa shape index (κ2) is 6.41. The highest BCUT2D eigenvalue weighted by Crippen LogP contribution is 2.36. The molecule has 0 saturated heterocycles. The molecule has 0 amide bonds. The van der Waals surface area contributed by atoms with Crippen LogP contribution in [0.1, 0.15) is 11.1 Å². The first kappa shape index (κ1) is 16.0. The number of fused-ring (bicyclic) bond motifs is 1. The fraction of sp³-hybridized carbons (Fsp3) is 0.0455. The zero-order valence-electron chi connectivity index (χ0n) is 13.8. The molecule has 2 N–H and O–H groups in total. The van der Waals surface area contributed by atoms with E-state index in [0.717, 1.165) is 11.1 Å². The average Bonchev–Trinajstić information content (AvgIpc) is 2.66. The second-order valence-electron chi connectivity index (χ2n) is 6.10. The van der Waals surface area contributed by atoms with Gasteiger partial charge in [-0.25, -0.2) is 0 Å². The lowest BCUT2D eigenvalue weighted by atomic mass is 10.00. The number of hydrogen-bond acceptors (Lipinski definition) is 4. The van der Waals surface area contributed by atoms with Crippen molar-refractivity contribution in [1.82, 2.24) is 0 Å². The van der Waals surface area contributed by atoms with Crippen LogP contribution in [0, 0.1) is 0 Å². The number of benzene rings is 3. The van der Waals surface area contributed by atoms with Crippen LogP contribution in [0.15, 0.2) is 82.0 Å². The fourth-order valence-electron chi connectivity index (χ4n) is 3.07. The summed E-state index contributed by atoms with van der Waals surface area (Å²) in [6, 6.07) is 21.4. The molecule has 0 spiro atoms. The summed E-state index contributed by atoms with van der Waals surface area (Å²) >= 11 is 0. The zero-order chi connectivity index (χ0) is 18.1. The Kier molecular flexibility index (Phi) is 3.93. The molecule has 0 aliphatic rings. The molecule has 1 aromatic heterocycles. The lowest BCUT2D eigenvalue weighted by Gasteiger charge is -2.11. The van der Waals surface area contributed by atoms with Crippen molar-refractivity contribution in [3.05, 3.63) is 94.1 Å². The Morgan fingerprint density at radius 2 is 1.46 bits per heavy atom. The van der Waals surface area contributed by atoms with Crippen LogP contribution >= 0.6 is 0 Å². The van der Waals surface area contributed by atoms with Crippen LogP contribution < -0.4 is 5.43 Å². The number of rotatable bonds is 3. The van der Waals surface area contributed by atoms with E-state index < -0.39 is 0 Å². The molecule has 3 aromatic carbocycles. The molecule has 0 atom stereocenters. The Balaban J connectivity index is 1.98. The molecule has 4 aromatic rings. The third-order valence-electron chi connectivity index (χ3n) is 4.34. The molecule has 4 nitrogen and oxygen atoms in total. The zero-order valence-corrected chi connectivity index (χ0v) is 13.8. The number of aromatic hydroxyl groups is 2. The molecule has 0 bridgehead atoms. The maximum absolute atomic E-state index is 12.6. The van der Waals surface area contributed by atoms with E-state index in [1.807, 2.05) is 60.7 Å². The molecule has 1 heterocycles. The smallest absolute Gasteiger partial charge is 0.197 e. The Morgan fingerprint density at radius 1 is 0.808 bits per heavy atom. The molecule has 0 unspecified atom stereocenters. The van der Waals surface area contributed by atoms with Crippen LogP contribution in [0.3, 0.4) is 0 Å². The van der Waals surface area contributed by atoms with Gasteiger partial charge in [0, 0.05) is 29.7 Å². The van der Waals surface area contributed by atoms with Crippen LogP contribution in [0.4, 0.5) is 0 Å². The number of phenols is 2. The highest BCUT2D eigenvalue weighted by molar-refractivity contribution is 5.89. The Bertz CT molecular complexity index is 1130. The van der Waals surface area contributed by atoms with Crippen molar-refractivity contribution in [3.63, 3.8) is 0 Å². The van der Waals surface area contributed by atoms with E-state index in [9.17, 15) is 15.0 Å². The molecular formula is C22H16O4. The van der Waals surface area contributed by atoms with E-state index >= 15 is 0 Å². The largest absolute Gasteiger partial charge is 0.507 e. The van der Waals surface area contributed by atoms with Gasteiger partial charge in [-0.05, 0) is 5.56 Å². The predicted molar refractivity (Wildman–Crippen MR) is 100 cm³/mol. The Hall–Kier alpha value is -3.53. The van der Waals surface area contributed by atoms with Crippen molar-refractivity contribution in [3.8, 4) is 22.8 Å². The van der Waals surface area contributed by atoms with Gasteiger partial charge in [-0.15, -0.1) is 0 Å². The van der Waals surface area contributed by atoms with Crippen molar-refractivity contribution in [2.75, 3.05) is 0 Å². The fourth-order valence-corrected chi connectivity index (χ4v) is 3.07. The Morgan fingerprint density at radius 3 is 2.15 bits per heavy atom. The van der Waals surface area contributed by atoms with Gasteiger partial charge in [0.1, 0.15) is 28.2 Å². The first-order chi connectivity index (χ1) is 12.6. The molecular weight excluding hydrogens is 328 g/mol. The SMILES string of the molecule is O=c1cc(-c2ccccc2)oc2c(Cc3ccccc3)c(O)cc(O)c12. The number of hydrogen-bond donors (Lipinski definition) is 2. The van der Waals surface area contributed by atoms with Gasteiger partial charge < -0.3 is 14.6 Å². The molecule has 4 rings (SSSR count). The molecule has 0 aliphatic carbocycles. The molecule has 0 saturated carbocycles. The van der Waals surface area contributed by atoms with Crippen molar-refractivity contribution < 1.29 is 14.6 Å². The van der Waals surface area contributed by atoms with Crippen molar-refractivity contribution >= 4 is 11.0 Å². The maximum atomic E-state index is 12.6. The standard InChI is InChI=1S/C22H16O4/c23-17-12-18(24)21-19(25)13-20(15-9-5-2-6-10-15)26-22(21)16(17)11-14-7-3-1-4-8-14/h1-10,12-13,23-24H,11H2. The second-order valence-corrected chi connectivity index (χ2v) is 6.10. The minimum absolute atomic E-state index is 0.0772. The predicted octanol–water partition coefficient (Wildman–Crippen LogP) is 4.46. The first-order valence-electron chi connectivity index (χ1n) is 8.24. The van der Waals surface area contributed by atoms with Crippen LogP contribution in [0.2, 0.25) is 0 Å². The van der Waals surface area contributed by atoms with E-state index in [1.165, 1.54) is 12.1 Å². The molecule has 128 valence electrons. The minimum atomic E-state index is -0.350. The summed E-state index contributed by atoms with van der Waals surface area (Å²) in [4.78, 5) is 12.6. The van der Waals surface area contributed by atoms with Gasteiger partial charge in [0.05, 0.1) is 0 Å². The molecule has 4 heteroatoms. The third kappa shape index (κ3) is 2.82. The maximum Gasteiger partial charge on any atom is 0.197 e. The normalized spacial score (nSPS) is 10.9.